The Hall–Kier alpha value is -4.64. The van der Waals surface area contributed by atoms with Crippen LogP contribution in [-0.4, -0.2) is 23.1 Å². The minimum atomic E-state index is -0.0270. The van der Waals surface area contributed by atoms with Crippen molar-refractivity contribution in [1.82, 2.24) is 9.97 Å². The molecule has 0 unspecified atom stereocenters. The summed E-state index contributed by atoms with van der Waals surface area (Å²) in [4.78, 5) is 14.4. The van der Waals surface area contributed by atoms with Crippen LogP contribution in [-0.2, 0) is 18.3 Å². The molecule has 2 aromatic heterocycles. The van der Waals surface area contributed by atoms with Gasteiger partial charge in [-0.05, 0) is 96.2 Å². The highest BCUT2D eigenvalue weighted by Gasteiger charge is 2.25. The Bertz CT molecular complexity index is 1810. The Morgan fingerprint density at radius 3 is 1.89 bits per heavy atom. The normalized spacial score (nSPS) is 14.6. The standard InChI is InChI=1S/C39H40N4O/c1-27-18-19-40-37(22-27)42-20-8-12-29-14-16-31(23-35(29)42)44-32-17-15-30-13-9-21-43(36(30)24-32)38-25-34(39(2,3)4)33(26-41-38)28-10-6-5-7-11-28/h5-7,10-11,14-19,22-26H,8-9,12-13,20-21H2,1-4H3. The predicted molar refractivity (Wildman–Crippen MR) is 181 cm³/mol. The molecule has 5 nitrogen and oxygen atoms in total. The second-order valence-corrected chi connectivity index (χ2v) is 13.1. The van der Waals surface area contributed by atoms with Crippen molar-refractivity contribution in [3.63, 3.8) is 0 Å². The Labute approximate surface area is 261 Å². The fourth-order valence-corrected chi connectivity index (χ4v) is 6.58. The summed E-state index contributed by atoms with van der Waals surface area (Å²) in [6, 6.07) is 30.1. The van der Waals surface area contributed by atoms with Gasteiger partial charge in [-0.1, -0.05) is 63.2 Å². The van der Waals surface area contributed by atoms with Crippen molar-refractivity contribution >= 4 is 23.0 Å². The van der Waals surface area contributed by atoms with Crippen LogP contribution in [0.15, 0.2) is 97.3 Å². The van der Waals surface area contributed by atoms with E-state index in [1.807, 2.05) is 12.3 Å². The van der Waals surface area contributed by atoms with Gasteiger partial charge in [0.05, 0.1) is 0 Å². The van der Waals surface area contributed by atoms with Crippen LogP contribution in [0.2, 0.25) is 0 Å². The molecule has 2 aliphatic heterocycles. The summed E-state index contributed by atoms with van der Waals surface area (Å²) in [7, 11) is 0. The molecule has 0 saturated carbocycles. The summed E-state index contributed by atoms with van der Waals surface area (Å²) >= 11 is 0. The second-order valence-electron chi connectivity index (χ2n) is 13.1. The van der Waals surface area contributed by atoms with Gasteiger partial charge >= 0.3 is 0 Å². The molecule has 0 bridgehead atoms. The Balaban J connectivity index is 1.21. The third-order valence-electron chi connectivity index (χ3n) is 8.82. The minimum Gasteiger partial charge on any atom is -0.457 e. The van der Waals surface area contributed by atoms with Crippen LogP contribution in [0.5, 0.6) is 11.5 Å². The highest BCUT2D eigenvalue weighted by atomic mass is 16.5. The molecule has 7 rings (SSSR count). The zero-order valence-electron chi connectivity index (χ0n) is 26.2. The van der Waals surface area contributed by atoms with Crippen molar-refractivity contribution in [2.24, 2.45) is 0 Å². The van der Waals surface area contributed by atoms with Gasteiger partial charge < -0.3 is 14.5 Å². The Morgan fingerprint density at radius 2 is 1.30 bits per heavy atom. The lowest BCUT2D eigenvalue weighted by Crippen LogP contribution is -2.26. The number of hydrogen-bond acceptors (Lipinski definition) is 5. The van der Waals surface area contributed by atoms with Crippen LogP contribution >= 0.6 is 0 Å². The van der Waals surface area contributed by atoms with E-state index in [9.17, 15) is 0 Å². The Kier molecular flexibility index (Phi) is 7.33. The van der Waals surface area contributed by atoms with Crippen LogP contribution < -0.4 is 14.5 Å². The fraction of sp³-hybridized carbons (Fsp3) is 0.282. The molecule has 0 spiro atoms. The zero-order chi connectivity index (χ0) is 30.3. The summed E-state index contributed by atoms with van der Waals surface area (Å²) in [5.74, 6) is 3.66. The van der Waals surface area contributed by atoms with E-state index in [0.717, 1.165) is 61.9 Å². The van der Waals surface area contributed by atoms with Gasteiger partial charge in [0.15, 0.2) is 0 Å². The lowest BCUT2D eigenvalue weighted by atomic mass is 9.82. The number of rotatable bonds is 5. The van der Waals surface area contributed by atoms with Crippen molar-refractivity contribution < 1.29 is 4.74 Å². The number of aromatic nitrogens is 2. The van der Waals surface area contributed by atoms with Crippen molar-refractivity contribution in [2.75, 3.05) is 22.9 Å². The first-order valence-corrected chi connectivity index (χ1v) is 15.8. The maximum absolute atomic E-state index is 6.56. The lowest BCUT2D eigenvalue weighted by Gasteiger charge is -2.33. The van der Waals surface area contributed by atoms with Crippen LogP contribution in [0, 0.1) is 6.92 Å². The molecule has 0 radical (unpaired) electrons. The average molecular weight is 581 g/mol. The molecule has 3 aromatic carbocycles. The van der Waals surface area contributed by atoms with Crippen LogP contribution in [0.25, 0.3) is 11.1 Å². The van der Waals surface area contributed by atoms with Gasteiger partial charge in [0.25, 0.3) is 0 Å². The van der Waals surface area contributed by atoms with E-state index in [0.29, 0.717) is 0 Å². The van der Waals surface area contributed by atoms with Gasteiger partial charge in [-0.2, -0.15) is 0 Å². The number of fused-ring (bicyclic) bond motifs is 2. The number of anilines is 4. The van der Waals surface area contributed by atoms with Gasteiger partial charge in [-0.25, -0.2) is 9.97 Å². The third kappa shape index (κ3) is 5.55. The van der Waals surface area contributed by atoms with Crippen LogP contribution in [0.3, 0.4) is 0 Å². The number of pyridine rings is 2. The van der Waals surface area contributed by atoms with Gasteiger partial charge in [0.2, 0.25) is 0 Å². The largest absolute Gasteiger partial charge is 0.457 e. The van der Waals surface area contributed by atoms with Crippen LogP contribution in [0.4, 0.5) is 23.0 Å². The molecule has 0 amide bonds. The molecular formula is C39H40N4O. The molecule has 5 heteroatoms. The topological polar surface area (TPSA) is 41.5 Å². The van der Waals surface area contributed by atoms with Crippen molar-refractivity contribution in [2.45, 2.75) is 58.8 Å². The molecule has 0 aliphatic carbocycles. The first-order chi connectivity index (χ1) is 21.3. The minimum absolute atomic E-state index is 0.0270. The lowest BCUT2D eigenvalue weighted by molar-refractivity contribution is 0.481. The third-order valence-corrected chi connectivity index (χ3v) is 8.82. The van der Waals surface area contributed by atoms with Gasteiger partial charge in [-0.3, -0.25) is 0 Å². The van der Waals surface area contributed by atoms with Crippen molar-refractivity contribution in [3.8, 4) is 22.6 Å². The summed E-state index contributed by atoms with van der Waals surface area (Å²) < 4.78 is 6.56. The van der Waals surface area contributed by atoms with Crippen LogP contribution in [0.1, 0.15) is 55.9 Å². The van der Waals surface area contributed by atoms with Gasteiger partial charge in [-0.15, -0.1) is 0 Å². The highest BCUT2D eigenvalue weighted by molar-refractivity contribution is 5.74. The van der Waals surface area contributed by atoms with Gasteiger partial charge in [0, 0.05) is 54.6 Å². The molecule has 0 atom stereocenters. The molecule has 4 heterocycles. The average Bonchev–Trinajstić information content (AvgIpc) is 3.04. The molecule has 2 aliphatic rings. The molecule has 0 saturated heterocycles. The molecule has 44 heavy (non-hydrogen) atoms. The number of nitrogens with zero attached hydrogens (tertiary/aromatic N) is 4. The molecule has 222 valence electrons. The number of hydrogen-bond donors (Lipinski definition) is 0. The number of aryl methyl sites for hydroxylation is 3. The molecule has 0 fully saturated rings. The quantitative estimate of drug-likeness (QED) is 0.207. The van der Waals surface area contributed by atoms with E-state index in [1.165, 1.54) is 44.8 Å². The second kappa shape index (κ2) is 11.5. The number of benzene rings is 3. The van der Waals surface area contributed by atoms with E-state index in [2.05, 4.69) is 128 Å². The van der Waals surface area contributed by atoms with Crippen molar-refractivity contribution in [3.05, 3.63) is 120 Å². The molecular weight excluding hydrogens is 540 g/mol. The van der Waals surface area contributed by atoms with Crippen molar-refractivity contribution in [1.29, 1.82) is 0 Å². The summed E-state index contributed by atoms with van der Waals surface area (Å²) in [5.41, 5.74) is 9.91. The molecule has 5 aromatic rings. The zero-order valence-corrected chi connectivity index (χ0v) is 26.2. The maximum Gasteiger partial charge on any atom is 0.133 e. The Morgan fingerprint density at radius 1 is 0.682 bits per heavy atom. The SMILES string of the molecule is Cc1ccnc(N2CCCc3ccc(Oc4ccc5c(c4)N(c4cc(C(C)(C)C)c(-c6ccccc6)cn4)CCC5)cc32)c1. The predicted octanol–water partition coefficient (Wildman–Crippen LogP) is 9.71. The summed E-state index contributed by atoms with van der Waals surface area (Å²) in [5, 5.41) is 0. The smallest absolute Gasteiger partial charge is 0.133 e. The molecule has 0 N–H and O–H groups in total. The summed E-state index contributed by atoms with van der Waals surface area (Å²) in [6.45, 7) is 10.8. The summed E-state index contributed by atoms with van der Waals surface area (Å²) in [6.07, 6.45) is 8.28. The van der Waals surface area contributed by atoms with E-state index < -0.39 is 0 Å². The first kappa shape index (κ1) is 28.1. The highest BCUT2D eigenvalue weighted by Crippen LogP contribution is 2.41. The number of ether oxygens (including phenoxy) is 1. The first-order valence-electron chi connectivity index (χ1n) is 15.8. The van der Waals surface area contributed by atoms with E-state index in [-0.39, 0.29) is 5.41 Å². The van der Waals surface area contributed by atoms with E-state index in [1.54, 1.807) is 0 Å². The monoisotopic (exact) mass is 580 g/mol. The van der Waals surface area contributed by atoms with Gasteiger partial charge in [0.1, 0.15) is 23.1 Å². The maximum atomic E-state index is 6.56. The van der Waals surface area contributed by atoms with E-state index >= 15 is 0 Å². The van der Waals surface area contributed by atoms with E-state index in [4.69, 9.17) is 9.72 Å². The fourth-order valence-electron chi connectivity index (χ4n) is 6.58.